The first-order chi connectivity index (χ1) is 14.2. The van der Waals surface area contributed by atoms with E-state index in [-0.39, 0.29) is 6.61 Å². The highest BCUT2D eigenvalue weighted by Gasteiger charge is 2.13. The summed E-state index contributed by atoms with van der Waals surface area (Å²) in [6.07, 6.45) is 5.22. The van der Waals surface area contributed by atoms with Crippen LogP contribution in [0.3, 0.4) is 0 Å². The summed E-state index contributed by atoms with van der Waals surface area (Å²) in [7, 11) is -2.72. The van der Waals surface area contributed by atoms with Gasteiger partial charge in [-0.2, -0.15) is 0 Å². The third kappa shape index (κ3) is 4.66. The average Bonchev–Trinajstić information content (AvgIpc) is 2.78. The molecule has 1 aliphatic rings. The van der Waals surface area contributed by atoms with Gasteiger partial charge in [0.25, 0.3) is 11.0 Å². The first kappa shape index (κ1) is 19.6. The Morgan fingerprint density at radius 2 is 1.41 bits per heavy atom. The molecule has 0 radical (unpaired) electrons. The summed E-state index contributed by atoms with van der Waals surface area (Å²) in [6, 6.07) is 27.1. The van der Waals surface area contributed by atoms with Crippen molar-refractivity contribution in [3.8, 4) is 0 Å². The van der Waals surface area contributed by atoms with Crippen LogP contribution in [-0.2, 0) is 34.6 Å². The topological polar surface area (TPSA) is 43.4 Å². The summed E-state index contributed by atoms with van der Waals surface area (Å²) in [5, 5.41) is 5.64. The summed E-state index contributed by atoms with van der Waals surface area (Å²) >= 11 is 0. The van der Waals surface area contributed by atoms with Crippen molar-refractivity contribution in [2.45, 2.75) is 32.3 Å². The van der Waals surface area contributed by atoms with E-state index < -0.39 is 11.0 Å². The molecule has 1 aliphatic carbocycles. The molecule has 0 spiro atoms. The summed E-state index contributed by atoms with van der Waals surface area (Å²) < 4.78 is 24.4. The highest BCUT2D eigenvalue weighted by Crippen LogP contribution is 2.33. The van der Waals surface area contributed by atoms with Gasteiger partial charge in [0.05, 0.1) is 6.61 Å². The molecule has 0 N–H and O–H groups in total. The zero-order chi connectivity index (χ0) is 20.1. The number of hydrogen-bond acceptors (Lipinski definition) is 3. The zero-order valence-electron chi connectivity index (χ0n) is 16.2. The van der Waals surface area contributed by atoms with Gasteiger partial charge in [0.1, 0.15) is 0 Å². The lowest BCUT2D eigenvalue weighted by Gasteiger charge is -2.18. The SMILES string of the molecule is O=[SH](=O)OCc1ccccc1.c1ccc2c(c1)ccc1c3c(ccc12)CCCC3. The minimum Gasteiger partial charge on any atom is -0.267 e. The van der Waals surface area contributed by atoms with E-state index in [0.717, 1.165) is 5.56 Å². The van der Waals surface area contributed by atoms with Crippen LogP contribution in [0.15, 0.2) is 78.9 Å². The lowest BCUT2D eigenvalue weighted by molar-refractivity contribution is 0.323. The van der Waals surface area contributed by atoms with E-state index in [0.29, 0.717) is 0 Å². The van der Waals surface area contributed by atoms with Crippen LogP contribution < -0.4 is 0 Å². The summed E-state index contributed by atoms with van der Waals surface area (Å²) in [4.78, 5) is 0. The van der Waals surface area contributed by atoms with E-state index in [2.05, 4.69) is 52.7 Å². The van der Waals surface area contributed by atoms with Crippen LogP contribution in [0.25, 0.3) is 21.5 Å². The van der Waals surface area contributed by atoms with Gasteiger partial charge in [-0.25, -0.2) is 8.42 Å². The number of aryl methyl sites for hydroxylation is 2. The Hall–Kier alpha value is -2.69. The van der Waals surface area contributed by atoms with E-state index in [9.17, 15) is 8.42 Å². The van der Waals surface area contributed by atoms with Gasteiger partial charge >= 0.3 is 0 Å². The minimum atomic E-state index is -2.72. The molecule has 4 heteroatoms. The van der Waals surface area contributed by atoms with Crippen molar-refractivity contribution < 1.29 is 12.6 Å². The van der Waals surface area contributed by atoms with Crippen molar-refractivity contribution in [1.29, 1.82) is 0 Å². The fourth-order valence-electron chi connectivity index (χ4n) is 4.04. The lowest BCUT2D eigenvalue weighted by Crippen LogP contribution is -2.02. The molecule has 0 aromatic heterocycles. The van der Waals surface area contributed by atoms with Gasteiger partial charge in [0.2, 0.25) is 0 Å². The molecule has 0 atom stereocenters. The number of fused-ring (bicyclic) bond motifs is 5. The Bertz CT molecular complexity index is 1190. The molecule has 4 aromatic rings. The molecule has 0 bridgehead atoms. The third-order valence-electron chi connectivity index (χ3n) is 5.44. The first-order valence-electron chi connectivity index (χ1n) is 9.96. The predicted octanol–water partition coefficient (Wildman–Crippen LogP) is 5.60. The highest BCUT2D eigenvalue weighted by atomic mass is 32.2. The van der Waals surface area contributed by atoms with E-state index >= 15 is 0 Å². The second-order valence-electron chi connectivity index (χ2n) is 7.27. The standard InChI is InChI=1S/C18H16.C7H8O3S/c1-3-7-15-13(5-1)9-11-18-16-8-4-2-6-14(16)10-12-17(15)18;8-11(9)10-6-7-4-2-1-3-5-7/h1,3,5,7,9-12H,2,4,6,8H2;1-5,11H,6H2. The number of thiol groups is 1. The average molecular weight is 405 g/mol. The van der Waals surface area contributed by atoms with Gasteiger partial charge in [-0.05, 0) is 63.9 Å². The van der Waals surface area contributed by atoms with Gasteiger partial charge in [-0.1, -0.05) is 78.9 Å². The Labute approximate surface area is 173 Å². The van der Waals surface area contributed by atoms with Gasteiger partial charge in [-0.3, -0.25) is 4.18 Å². The molecule has 0 fully saturated rings. The van der Waals surface area contributed by atoms with Crippen molar-refractivity contribution in [3.63, 3.8) is 0 Å². The van der Waals surface area contributed by atoms with Crippen LogP contribution in [0.2, 0.25) is 0 Å². The van der Waals surface area contributed by atoms with Crippen molar-refractivity contribution in [2.24, 2.45) is 0 Å². The molecule has 3 nitrogen and oxygen atoms in total. The molecular weight excluding hydrogens is 380 g/mol. The number of benzene rings is 4. The fourth-order valence-corrected chi connectivity index (χ4v) is 4.30. The first-order valence-corrected chi connectivity index (χ1v) is 11.1. The molecular formula is C25H24O3S. The van der Waals surface area contributed by atoms with E-state index in [4.69, 9.17) is 0 Å². The maximum Gasteiger partial charge on any atom is 0.257 e. The van der Waals surface area contributed by atoms with Crippen molar-refractivity contribution >= 4 is 32.5 Å². The fraction of sp³-hybridized carbons (Fsp3) is 0.200. The minimum absolute atomic E-state index is 0.125. The highest BCUT2D eigenvalue weighted by molar-refractivity contribution is 7.67. The van der Waals surface area contributed by atoms with Crippen LogP contribution in [0.5, 0.6) is 0 Å². The quantitative estimate of drug-likeness (QED) is 0.357. The smallest absolute Gasteiger partial charge is 0.257 e. The van der Waals surface area contributed by atoms with Crippen molar-refractivity contribution in [1.82, 2.24) is 0 Å². The molecule has 0 amide bonds. The Morgan fingerprint density at radius 3 is 2.24 bits per heavy atom. The van der Waals surface area contributed by atoms with Crippen LogP contribution in [0.1, 0.15) is 29.5 Å². The maximum atomic E-state index is 9.99. The normalized spacial score (nSPS) is 13.1. The Kier molecular flexibility index (Phi) is 6.23. The molecule has 0 unspecified atom stereocenters. The molecule has 29 heavy (non-hydrogen) atoms. The molecule has 0 aliphatic heterocycles. The molecule has 148 valence electrons. The maximum absolute atomic E-state index is 9.99. The second kappa shape index (κ2) is 9.21. The number of rotatable bonds is 3. The zero-order valence-corrected chi connectivity index (χ0v) is 17.1. The largest absolute Gasteiger partial charge is 0.267 e. The van der Waals surface area contributed by atoms with Crippen LogP contribution in [0, 0.1) is 0 Å². The Morgan fingerprint density at radius 1 is 0.690 bits per heavy atom. The second-order valence-corrected chi connectivity index (χ2v) is 7.98. The van der Waals surface area contributed by atoms with Crippen LogP contribution >= 0.6 is 0 Å². The molecule has 0 saturated carbocycles. The third-order valence-corrected chi connectivity index (χ3v) is 5.78. The van der Waals surface area contributed by atoms with Crippen LogP contribution in [0.4, 0.5) is 0 Å². The van der Waals surface area contributed by atoms with Crippen molar-refractivity contribution in [3.05, 3.63) is 95.6 Å². The van der Waals surface area contributed by atoms with Gasteiger partial charge in [-0.15, -0.1) is 0 Å². The van der Waals surface area contributed by atoms with Gasteiger partial charge in [0.15, 0.2) is 0 Å². The molecule has 5 rings (SSSR count). The molecule has 0 saturated heterocycles. The summed E-state index contributed by atoms with van der Waals surface area (Å²) in [5.74, 6) is 0. The van der Waals surface area contributed by atoms with E-state index in [1.54, 1.807) is 23.3 Å². The predicted molar refractivity (Wildman–Crippen MR) is 120 cm³/mol. The molecule has 4 aromatic carbocycles. The molecule has 0 heterocycles. The lowest BCUT2D eigenvalue weighted by atomic mass is 9.86. The summed E-state index contributed by atoms with van der Waals surface area (Å²) in [5.41, 5.74) is 4.03. The van der Waals surface area contributed by atoms with E-state index in [1.807, 2.05) is 18.2 Å². The van der Waals surface area contributed by atoms with E-state index in [1.165, 1.54) is 47.2 Å². The monoisotopic (exact) mass is 404 g/mol. The Balaban J connectivity index is 0.000000161. The summed E-state index contributed by atoms with van der Waals surface area (Å²) in [6.45, 7) is 0.125. The van der Waals surface area contributed by atoms with Crippen LogP contribution in [-0.4, -0.2) is 8.42 Å². The van der Waals surface area contributed by atoms with Gasteiger partial charge < -0.3 is 0 Å². The van der Waals surface area contributed by atoms with Crippen molar-refractivity contribution in [2.75, 3.05) is 0 Å². The number of hydrogen-bond donors (Lipinski definition) is 1. The van der Waals surface area contributed by atoms with Gasteiger partial charge in [0, 0.05) is 0 Å².